The molecule has 2 aromatic carbocycles. The second-order valence-corrected chi connectivity index (χ2v) is 8.17. The molecule has 1 aliphatic carbocycles. The summed E-state index contributed by atoms with van der Waals surface area (Å²) >= 11 is 0. The average molecular weight is 437 g/mol. The van der Waals surface area contributed by atoms with Crippen molar-refractivity contribution in [2.75, 3.05) is 27.1 Å². The highest BCUT2D eigenvalue weighted by atomic mass is 16.7. The van der Waals surface area contributed by atoms with Gasteiger partial charge < -0.3 is 28.6 Å². The molecule has 7 heteroatoms. The van der Waals surface area contributed by atoms with Crippen LogP contribution in [0, 0.1) is 0 Å². The minimum absolute atomic E-state index is 0.0107. The molecule has 0 unspecified atom stereocenters. The minimum Gasteiger partial charge on any atom is -0.493 e. The van der Waals surface area contributed by atoms with Gasteiger partial charge in [-0.3, -0.25) is 4.79 Å². The molecule has 0 spiro atoms. The second-order valence-electron chi connectivity index (χ2n) is 8.17. The monoisotopic (exact) mass is 437 g/mol. The summed E-state index contributed by atoms with van der Waals surface area (Å²) in [5.74, 6) is 3.32. The zero-order valence-corrected chi connectivity index (χ0v) is 18.2. The van der Waals surface area contributed by atoms with E-state index in [9.17, 15) is 4.79 Å². The van der Waals surface area contributed by atoms with Crippen LogP contribution in [0.15, 0.2) is 36.4 Å². The lowest BCUT2D eigenvalue weighted by atomic mass is 10.1. The van der Waals surface area contributed by atoms with Crippen LogP contribution in [0.25, 0.3) is 6.08 Å². The van der Waals surface area contributed by atoms with E-state index in [-0.39, 0.29) is 18.7 Å². The molecule has 0 radical (unpaired) electrons. The van der Waals surface area contributed by atoms with Crippen molar-refractivity contribution in [3.8, 4) is 28.7 Å². The predicted octanol–water partition coefficient (Wildman–Crippen LogP) is 4.18. The molecule has 3 aliphatic rings. The van der Waals surface area contributed by atoms with E-state index in [1.807, 2.05) is 41.3 Å². The summed E-state index contributed by atoms with van der Waals surface area (Å²) in [6.45, 7) is 1.77. The molecule has 0 atom stereocenters. The van der Waals surface area contributed by atoms with Gasteiger partial charge in [-0.15, -0.1) is 0 Å². The third-order valence-electron chi connectivity index (χ3n) is 6.11. The zero-order chi connectivity index (χ0) is 21.9. The van der Waals surface area contributed by atoms with Gasteiger partial charge in [-0.2, -0.15) is 0 Å². The lowest BCUT2D eigenvalue weighted by Gasteiger charge is -2.28. The normalized spacial score (nSPS) is 17.0. The maximum Gasteiger partial charge on any atom is 0.247 e. The number of amides is 1. The summed E-state index contributed by atoms with van der Waals surface area (Å²) in [6, 6.07) is 9.85. The van der Waals surface area contributed by atoms with Crippen LogP contribution in [0.4, 0.5) is 0 Å². The Morgan fingerprint density at radius 2 is 1.84 bits per heavy atom. The fourth-order valence-corrected chi connectivity index (χ4v) is 4.49. The van der Waals surface area contributed by atoms with E-state index in [1.54, 1.807) is 13.2 Å². The fourth-order valence-electron chi connectivity index (χ4n) is 4.49. The Kier molecular flexibility index (Phi) is 5.79. The van der Waals surface area contributed by atoms with Gasteiger partial charge >= 0.3 is 0 Å². The maximum absolute atomic E-state index is 13.3. The third kappa shape index (κ3) is 4.20. The molecular formula is C25H27NO6. The number of nitrogens with zero attached hydrogens (tertiary/aromatic N) is 1. The van der Waals surface area contributed by atoms with Crippen molar-refractivity contribution in [3.63, 3.8) is 0 Å². The highest BCUT2D eigenvalue weighted by molar-refractivity contribution is 5.92. The number of hydrogen-bond donors (Lipinski definition) is 0. The number of methoxy groups -OCH3 is 1. The van der Waals surface area contributed by atoms with Crippen LogP contribution in [0.5, 0.6) is 28.7 Å². The number of rotatable bonds is 6. The van der Waals surface area contributed by atoms with E-state index in [0.717, 1.165) is 48.3 Å². The standard InChI is InChI=1S/C25H27NO6/c1-28-22-12-17(13-23-25(22)30-11-10-29-23)7-9-24(27)26(19-4-2-3-5-19)15-18-6-8-20-21(14-18)32-16-31-20/h6-9,12-14,19H,2-5,10-11,15-16H2,1H3/b9-7+. The number of carbonyl (C=O) groups is 1. The molecule has 2 aromatic rings. The maximum atomic E-state index is 13.3. The Hall–Kier alpha value is -3.35. The fraction of sp³-hybridized carbons (Fsp3) is 0.400. The summed E-state index contributed by atoms with van der Waals surface area (Å²) in [4.78, 5) is 15.2. The van der Waals surface area contributed by atoms with Crippen LogP contribution in [-0.2, 0) is 11.3 Å². The van der Waals surface area contributed by atoms with Gasteiger partial charge in [0.1, 0.15) is 13.2 Å². The highest BCUT2D eigenvalue weighted by Crippen LogP contribution is 2.40. The van der Waals surface area contributed by atoms with Crippen molar-refractivity contribution in [1.82, 2.24) is 4.90 Å². The predicted molar refractivity (Wildman–Crippen MR) is 118 cm³/mol. The topological polar surface area (TPSA) is 66.5 Å². The smallest absolute Gasteiger partial charge is 0.247 e. The van der Waals surface area contributed by atoms with Gasteiger partial charge in [0, 0.05) is 18.7 Å². The zero-order valence-electron chi connectivity index (χ0n) is 18.2. The molecule has 2 aliphatic heterocycles. The third-order valence-corrected chi connectivity index (χ3v) is 6.11. The lowest BCUT2D eigenvalue weighted by molar-refractivity contribution is -0.128. The van der Waals surface area contributed by atoms with Crippen LogP contribution in [0.2, 0.25) is 0 Å². The first kappa shape index (κ1) is 20.5. The van der Waals surface area contributed by atoms with Crippen LogP contribution in [-0.4, -0.2) is 44.0 Å². The number of benzene rings is 2. The molecule has 1 amide bonds. The molecule has 32 heavy (non-hydrogen) atoms. The molecular weight excluding hydrogens is 410 g/mol. The van der Waals surface area contributed by atoms with E-state index in [4.69, 9.17) is 23.7 Å². The lowest BCUT2D eigenvalue weighted by Crippen LogP contribution is -2.37. The summed E-state index contributed by atoms with van der Waals surface area (Å²) in [5, 5.41) is 0. The highest BCUT2D eigenvalue weighted by Gasteiger charge is 2.26. The van der Waals surface area contributed by atoms with Crippen molar-refractivity contribution in [2.24, 2.45) is 0 Å². The van der Waals surface area contributed by atoms with Crippen LogP contribution in [0.1, 0.15) is 36.8 Å². The molecule has 7 nitrogen and oxygen atoms in total. The Balaban J connectivity index is 1.36. The Labute approximate surface area is 187 Å². The van der Waals surface area contributed by atoms with Crippen LogP contribution in [0.3, 0.4) is 0 Å². The molecule has 5 rings (SSSR count). The minimum atomic E-state index is -0.0107. The van der Waals surface area contributed by atoms with Gasteiger partial charge in [0.05, 0.1) is 7.11 Å². The second kappa shape index (κ2) is 9.02. The van der Waals surface area contributed by atoms with Crippen molar-refractivity contribution in [3.05, 3.63) is 47.5 Å². The number of fused-ring (bicyclic) bond motifs is 2. The average Bonchev–Trinajstić information content (AvgIpc) is 3.52. The van der Waals surface area contributed by atoms with E-state index < -0.39 is 0 Å². The van der Waals surface area contributed by atoms with Crippen molar-refractivity contribution in [2.45, 2.75) is 38.3 Å². The van der Waals surface area contributed by atoms with Gasteiger partial charge in [0.2, 0.25) is 18.4 Å². The molecule has 1 fully saturated rings. The quantitative estimate of drug-likeness (QED) is 0.632. The molecule has 2 heterocycles. The molecule has 0 aromatic heterocycles. The van der Waals surface area contributed by atoms with Gasteiger partial charge in [0.25, 0.3) is 0 Å². The van der Waals surface area contributed by atoms with E-state index in [2.05, 4.69) is 0 Å². The van der Waals surface area contributed by atoms with Gasteiger partial charge in [-0.05, 0) is 54.3 Å². The molecule has 0 saturated heterocycles. The van der Waals surface area contributed by atoms with Crippen molar-refractivity contribution < 1.29 is 28.5 Å². The molecule has 168 valence electrons. The van der Waals surface area contributed by atoms with Crippen molar-refractivity contribution in [1.29, 1.82) is 0 Å². The summed E-state index contributed by atoms with van der Waals surface area (Å²) < 4.78 is 27.7. The first-order valence-corrected chi connectivity index (χ1v) is 11.1. The van der Waals surface area contributed by atoms with E-state index in [1.165, 1.54) is 0 Å². The number of ether oxygens (including phenoxy) is 5. The van der Waals surface area contributed by atoms with Crippen molar-refractivity contribution >= 4 is 12.0 Å². The Bertz CT molecular complexity index is 1010. The SMILES string of the molecule is COc1cc(/C=C/C(=O)N(Cc2ccc3c(c2)OCO3)C2CCCC2)cc2c1OCCO2. The Morgan fingerprint density at radius 3 is 2.69 bits per heavy atom. The van der Waals surface area contributed by atoms with Crippen LogP contribution < -0.4 is 23.7 Å². The largest absolute Gasteiger partial charge is 0.493 e. The summed E-state index contributed by atoms with van der Waals surface area (Å²) in [6.07, 6.45) is 7.81. The van der Waals surface area contributed by atoms with Gasteiger partial charge in [0.15, 0.2) is 23.0 Å². The number of carbonyl (C=O) groups excluding carboxylic acids is 1. The summed E-state index contributed by atoms with van der Waals surface area (Å²) in [5.41, 5.74) is 1.86. The summed E-state index contributed by atoms with van der Waals surface area (Å²) in [7, 11) is 1.60. The first-order valence-electron chi connectivity index (χ1n) is 11.1. The van der Waals surface area contributed by atoms with Crippen LogP contribution >= 0.6 is 0 Å². The van der Waals surface area contributed by atoms with Gasteiger partial charge in [-0.1, -0.05) is 18.9 Å². The van der Waals surface area contributed by atoms with Gasteiger partial charge in [-0.25, -0.2) is 0 Å². The molecule has 1 saturated carbocycles. The first-order chi connectivity index (χ1) is 15.7. The Morgan fingerprint density at radius 1 is 1.03 bits per heavy atom. The van der Waals surface area contributed by atoms with E-state index >= 15 is 0 Å². The van der Waals surface area contributed by atoms with E-state index in [0.29, 0.717) is 37.0 Å². The molecule has 0 N–H and O–H groups in total. The molecule has 0 bridgehead atoms. The number of hydrogen-bond acceptors (Lipinski definition) is 6.